The molecule has 2 aromatic heterocycles. The molecule has 1 fully saturated rings. The molecule has 3 rings (SSSR count). The minimum Gasteiger partial charge on any atom is -0.481 e. The predicted molar refractivity (Wildman–Crippen MR) is 79.8 cm³/mol. The zero-order chi connectivity index (χ0) is 15.4. The summed E-state index contributed by atoms with van der Waals surface area (Å²) >= 11 is 0. The third-order valence-electron chi connectivity index (χ3n) is 3.64. The summed E-state index contributed by atoms with van der Waals surface area (Å²) in [5, 5.41) is 3.33. The molecule has 1 N–H and O–H groups in total. The van der Waals surface area contributed by atoms with Gasteiger partial charge in [0.05, 0.1) is 13.4 Å². The van der Waals surface area contributed by atoms with E-state index in [0.717, 1.165) is 19.4 Å². The highest BCUT2D eigenvalue weighted by molar-refractivity contribution is 5.91. The van der Waals surface area contributed by atoms with E-state index in [1.165, 1.54) is 12.6 Å². The lowest BCUT2D eigenvalue weighted by atomic mass is 10.1. The fourth-order valence-electron chi connectivity index (χ4n) is 2.57. The number of carbonyl (C=O) groups is 1. The molecule has 1 aliphatic heterocycles. The molecule has 0 aliphatic carbocycles. The van der Waals surface area contributed by atoms with Crippen molar-refractivity contribution in [3.8, 4) is 5.88 Å². The Morgan fingerprint density at radius 1 is 1.50 bits per heavy atom. The zero-order valence-electron chi connectivity index (χ0n) is 12.4. The van der Waals surface area contributed by atoms with E-state index in [0.29, 0.717) is 24.0 Å². The molecule has 22 heavy (non-hydrogen) atoms. The monoisotopic (exact) mass is 302 g/mol. The van der Waals surface area contributed by atoms with Crippen molar-refractivity contribution in [1.82, 2.24) is 14.9 Å². The van der Waals surface area contributed by atoms with Gasteiger partial charge in [0.1, 0.15) is 12.1 Å². The van der Waals surface area contributed by atoms with Gasteiger partial charge in [0, 0.05) is 25.2 Å². The quantitative estimate of drug-likeness (QED) is 0.927. The van der Waals surface area contributed by atoms with Crippen LogP contribution < -0.4 is 10.1 Å². The molecule has 3 heterocycles. The van der Waals surface area contributed by atoms with Crippen molar-refractivity contribution in [2.45, 2.75) is 18.9 Å². The zero-order valence-corrected chi connectivity index (χ0v) is 12.4. The molecule has 2 aromatic rings. The van der Waals surface area contributed by atoms with Crippen LogP contribution >= 0.6 is 0 Å². The van der Waals surface area contributed by atoms with Crippen LogP contribution in [0.2, 0.25) is 0 Å². The predicted octanol–water partition coefficient (Wildman–Crippen LogP) is 1.79. The first kappa shape index (κ1) is 14.4. The van der Waals surface area contributed by atoms with E-state index in [9.17, 15) is 4.79 Å². The highest BCUT2D eigenvalue weighted by Gasteiger charge is 2.26. The second-order valence-electron chi connectivity index (χ2n) is 5.16. The standard InChI is InChI=1S/C15H18N4O3/c1-21-14-8-13(16-10-17-14)18-11-4-2-6-19(9-11)15(20)12-5-3-7-22-12/h3,5,7-8,10-11H,2,4,6,9H2,1H3,(H,16,17,18)/t11-/m0/s1. The number of aromatic nitrogens is 2. The van der Waals surface area contributed by atoms with Crippen LogP contribution in [0.15, 0.2) is 35.2 Å². The van der Waals surface area contributed by atoms with Gasteiger partial charge in [-0.05, 0) is 25.0 Å². The van der Waals surface area contributed by atoms with Crippen molar-refractivity contribution < 1.29 is 13.9 Å². The van der Waals surface area contributed by atoms with Crippen molar-refractivity contribution in [2.24, 2.45) is 0 Å². The molecule has 1 saturated heterocycles. The molecule has 1 aliphatic rings. The summed E-state index contributed by atoms with van der Waals surface area (Å²) in [7, 11) is 1.57. The SMILES string of the molecule is COc1cc(N[C@H]2CCCN(C(=O)c3ccco3)C2)ncn1. The molecule has 0 spiro atoms. The van der Waals surface area contributed by atoms with Gasteiger partial charge in [0.2, 0.25) is 5.88 Å². The van der Waals surface area contributed by atoms with Crippen LogP contribution in [0.5, 0.6) is 5.88 Å². The van der Waals surface area contributed by atoms with E-state index in [1.54, 1.807) is 30.2 Å². The third-order valence-corrected chi connectivity index (χ3v) is 3.64. The fourth-order valence-corrected chi connectivity index (χ4v) is 2.57. The van der Waals surface area contributed by atoms with Gasteiger partial charge in [-0.15, -0.1) is 0 Å². The van der Waals surface area contributed by atoms with Gasteiger partial charge in [0.25, 0.3) is 5.91 Å². The van der Waals surface area contributed by atoms with Gasteiger partial charge < -0.3 is 19.4 Å². The topological polar surface area (TPSA) is 80.5 Å². The van der Waals surface area contributed by atoms with Crippen LogP contribution in [0.1, 0.15) is 23.4 Å². The normalized spacial score (nSPS) is 18.0. The molecule has 116 valence electrons. The Hall–Kier alpha value is -2.57. The second kappa shape index (κ2) is 6.46. The van der Waals surface area contributed by atoms with Crippen LogP contribution in [0.25, 0.3) is 0 Å². The Bertz CT molecular complexity index is 629. The number of amides is 1. The number of likely N-dealkylation sites (tertiary alicyclic amines) is 1. The Balaban J connectivity index is 1.64. The van der Waals surface area contributed by atoms with Crippen molar-refractivity contribution in [3.63, 3.8) is 0 Å². The van der Waals surface area contributed by atoms with Gasteiger partial charge in [0.15, 0.2) is 5.76 Å². The number of piperidine rings is 1. The van der Waals surface area contributed by atoms with Crippen molar-refractivity contribution >= 4 is 11.7 Å². The van der Waals surface area contributed by atoms with E-state index in [1.807, 2.05) is 0 Å². The molecular weight excluding hydrogens is 284 g/mol. The number of nitrogens with one attached hydrogen (secondary N) is 1. The average molecular weight is 302 g/mol. The van der Waals surface area contributed by atoms with Gasteiger partial charge in [-0.3, -0.25) is 4.79 Å². The van der Waals surface area contributed by atoms with Gasteiger partial charge in [-0.1, -0.05) is 0 Å². The first-order valence-electron chi connectivity index (χ1n) is 7.21. The number of methoxy groups -OCH3 is 1. The van der Waals surface area contributed by atoms with Crippen LogP contribution in [0.3, 0.4) is 0 Å². The minimum absolute atomic E-state index is 0.0724. The Morgan fingerprint density at radius 2 is 2.41 bits per heavy atom. The number of nitrogens with zero attached hydrogens (tertiary/aromatic N) is 3. The highest BCUT2D eigenvalue weighted by atomic mass is 16.5. The molecule has 7 nitrogen and oxygen atoms in total. The van der Waals surface area contributed by atoms with Crippen molar-refractivity contribution in [1.29, 1.82) is 0 Å². The van der Waals surface area contributed by atoms with Crippen LogP contribution in [0, 0.1) is 0 Å². The molecular formula is C15H18N4O3. The lowest BCUT2D eigenvalue weighted by molar-refractivity contribution is 0.0682. The largest absolute Gasteiger partial charge is 0.481 e. The van der Waals surface area contributed by atoms with E-state index in [-0.39, 0.29) is 11.9 Å². The van der Waals surface area contributed by atoms with Crippen molar-refractivity contribution in [2.75, 3.05) is 25.5 Å². The Labute approximate surface area is 128 Å². The maximum Gasteiger partial charge on any atom is 0.289 e. The summed E-state index contributed by atoms with van der Waals surface area (Å²) < 4.78 is 10.3. The lowest BCUT2D eigenvalue weighted by Crippen LogP contribution is -2.45. The van der Waals surface area contributed by atoms with Crippen LogP contribution in [-0.4, -0.2) is 47.0 Å². The lowest BCUT2D eigenvalue weighted by Gasteiger charge is -2.32. The molecule has 0 bridgehead atoms. The van der Waals surface area contributed by atoms with Gasteiger partial charge >= 0.3 is 0 Å². The molecule has 7 heteroatoms. The summed E-state index contributed by atoms with van der Waals surface area (Å²) in [6.45, 7) is 1.36. The first-order chi connectivity index (χ1) is 10.8. The smallest absolute Gasteiger partial charge is 0.289 e. The summed E-state index contributed by atoms with van der Waals surface area (Å²) in [6, 6.07) is 5.30. The number of hydrogen-bond acceptors (Lipinski definition) is 6. The van der Waals surface area contributed by atoms with Crippen LogP contribution in [0.4, 0.5) is 5.82 Å². The van der Waals surface area contributed by atoms with Gasteiger partial charge in [-0.2, -0.15) is 0 Å². The second-order valence-corrected chi connectivity index (χ2v) is 5.16. The number of ether oxygens (including phenoxy) is 1. The number of furan rings is 1. The number of hydrogen-bond donors (Lipinski definition) is 1. The van der Waals surface area contributed by atoms with E-state index < -0.39 is 0 Å². The summed E-state index contributed by atoms with van der Waals surface area (Å²) in [5.41, 5.74) is 0. The van der Waals surface area contributed by atoms with Crippen molar-refractivity contribution in [3.05, 3.63) is 36.5 Å². The summed E-state index contributed by atoms with van der Waals surface area (Å²) in [5.74, 6) is 1.52. The van der Waals surface area contributed by atoms with E-state index in [4.69, 9.17) is 9.15 Å². The molecule has 0 radical (unpaired) electrons. The molecule has 1 amide bonds. The highest BCUT2D eigenvalue weighted by Crippen LogP contribution is 2.18. The Kier molecular flexibility index (Phi) is 4.22. The summed E-state index contributed by atoms with van der Waals surface area (Å²) in [4.78, 5) is 22.3. The van der Waals surface area contributed by atoms with E-state index >= 15 is 0 Å². The summed E-state index contributed by atoms with van der Waals surface area (Å²) in [6.07, 6.45) is 4.89. The molecule has 0 aromatic carbocycles. The van der Waals surface area contributed by atoms with Crippen LogP contribution in [-0.2, 0) is 0 Å². The maximum atomic E-state index is 12.3. The number of anilines is 1. The molecule has 0 unspecified atom stereocenters. The average Bonchev–Trinajstić information content (AvgIpc) is 3.09. The molecule has 0 saturated carbocycles. The minimum atomic E-state index is -0.0724. The molecule has 1 atom stereocenters. The number of carbonyl (C=O) groups excluding carboxylic acids is 1. The van der Waals surface area contributed by atoms with Gasteiger partial charge in [-0.25, -0.2) is 9.97 Å². The van der Waals surface area contributed by atoms with E-state index in [2.05, 4.69) is 15.3 Å². The fraction of sp³-hybridized carbons (Fsp3) is 0.400. The Morgan fingerprint density at radius 3 is 3.18 bits per heavy atom. The first-order valence-corrected chi connectivity index (χ1v) is 7.21. The maximum absolute atomic E-state index is 12.3. The third kappa shape index (κ3) is 3.19. The number of rotatable bonds is 4.